The normalized spacial score (nSPS) is 14.9. The molecule has 7 nitrogen and oxygen atoms in total. The van der Waals surface area contributed by atoms with Gasteiger partial charge in [-0.3, -0.25) is 0 Å². The van der Waals surface area contributed by atoms with E-state index in [1.807, 2.05) is 0 Å². The highest BCUT2D eigenvalue weighted by Gasteiger charge is 2.26. The molecule has 2 aromatic rings. The average Bonchev–Trinajstić information content (AvgIpc) is 2.67. The summed E-state index contributed by atoms with van der Waals surface area (Å²) in [7, 11) is -0.827. The van der Waals surface area contributed by atoms with E-state index in [9.17, 15) is 13.5 Å². The topological polar surface area (TPSA) is 85.3 Å². The Labute approximate surface area is 152 Å². The lowest BCUT2D eigenvalue weighted by Crippen LogP contribution is -2.31. The summed E-state index contributed by atoms with van der Waals surface area (Å²) in [6, 6.07) is 11.4. The van der Waals surface area contributed by atoms with Crippen molar-refractivity contribution in [2.75, 3.05) is 33.9 Å². The van der Waals surface area contributed by atoms with Crippen LogP contribution < -0.4 is 14.2 Å². The van der Waals surface area contributed by atoms with Crippen LogP contribution in [-0.2, 0) is 10.0 Å². The van der Waals surface area contributed by atoms with E-state index < -0.39 is 16.1 Å². The number of hydrogen-bond acceptors (Lipinski definition) is 6. The third-order valence-corrected chi connectivity index (χ3v) is 5.95. The predicted octanol–water partition coefficient (Wildman–Crippen LogP) is 1.82. The number of likely N-dealkylation sites (N-methyl/N-ethyl adjacent to an activating group) is 1. The van der Waals surface area contributed by atoms with Crippen LogP contribution in [0.25, 0.3) is 0 Å². The molecule has 1 heterocycles. The zero-order valence-corrected chi connectivity index (χ0v) is 15.4. The minimum Gasteiger partial charge on any atom is -0.497 e. The van der Waals surface area contributed by atoms with E-state index in [1.54, 1.807) is 30.3 Å². The number of aliphatic hydroxyl groups is 1. The maximum absolute atomic E-state index is 12.8. The molecule has 3 rings (SSSR count). The van der Waals surface area contributed by atoms with E-state index in [0.717, 1.165) is 4.31 Å². The van der Waals surface area contributed by atoms with E-state index in [2.05, 4.69) is 0 Å². The summed E-state index contributed by atoms with van der Waals surface area (Å²) in [6.07, 6.45) is -0.984. The summed E-state index contributed by atoms with van der Waals surface area (Å²) in [5, 5.41) is 10.4. The number of nitrogens with zero attached hydrogens (tertiary/aromatic N) is 1. The van der Waals surface area contributed by atoms with Crippen LogP contribution in [0.5, 0.6) is 17.2 Å². The van der Waals surface area contributed by atoms with Crippen molar-refractivity contribution in [3.63, 3.8) is 0 Å². The van der Waals surface area contributed by atoms with Gasteiger partial charge in [-0.25, -0.2) is 8.42 Å². The number of sulfonamides is 1. The van der Waals surface area contributed by atoms with Crippen LogP contribution in [0.3, 0.4) is 0 Å². The highest BCUT2D eigenvalue weighted by atomic mass is 32.2. The quantitative estimate of drug-likeness (QED) is 0.824. The monoisotopic (exact) mass is 379 g/mol. The maximum atomic E-state index is 12.8. The molecule has 0 spiro atoms. The molecule has 0 fully saturated rings. The van der Waals surface area contributed by atoms with Gasteiger partial charge in [0, 0.05) is 19.7 Å². The standard InChI is InChI=1S/C18H21NO6S/c1-19(12-16(20)13-4-3-5-14(10-13)23-2)26(21,22)15-6-7-17-18(11-15)25-9-8-24-17/h3-7,10-11,16,20H,8-9,12H2,1-2H3. The van der Waals surface area contributed by atoms with Gasteiger partial charge in [-0.1, -0.05) is 12.1 Å². The lowest BCUT2D eigenvalue weighted by atomic mass is 10.1. The molecular formula is C18H21NO6S. The predicted molar refractivity (Wildman–Crippen MR) is 95.2 cm³/mol. The Hall–Kier alpha value is -2.29. The van der Waals surface area contributed by atoms with Gasteiger partial charge in [0.05, 0.1) is 18.1 Å². The zero-order valence-electron chi connectivity index (χ0n) is 14.6. The Bertz CT molecular complexity index is 883. The Morgan fingerprint density at radius 3 is 2.62 bits per heavy atom. The van der Waals surface area contributed by atoms with Crippen LogP contribution in [0, 0.1) is 0 Å². The van der Waals surface area contributed by atoms with Crippen LogP contribution in [0.2, 0.25) is 0 Å². The fraction of sp³-hybridized carbons (Fsp3) is 0.333. The highest BCUT2D eigenvalue weighted by molar-refractivity contribution is 7.89. The molecule has 26 heavy (non-hydrogen) atoms. The van der Waals surface area contributed by atoms with E-state index in [1.165, 1.54) is 26.3 Å². The number of benzene rings is 2. The first-order valence-corrected chi connectivity index (χ1v) is 9.54. The molecule has 2 aromatic carbocycles. The first-order chi connectivity index (χ1) is 12.4. The summed E-state index contributed by atoms with van der Waals surface area (Å²) in [5.74, 6) is 1.52. The van der Waals surface area contributed by atoms with Crippen molar-refractivity contribution in [1.82, 2.24) is 4.31 Å². The smallest absolute Gasteiger partial charge is 0.243 e. The molecule has 0 amide bonds. The summed E-state index contributed by atoms with van der Waals surface area (Å²) in [6.45, 7) is 0.719. The Morgan fingerprint density at radius 2 is 1.88 bits per heavy atom. The van der Waals surface area contributed by atoms with Gasteiger partial charge in [0.25, 0.3) is 0 Å². The van der Waals surface area contributed by atoms with Crippen LogP contribution >= 0.6 is 0 Å². The molecule has 0 radical (unpaired) electrons. The van der Waals surface area contributed by atoms with Gasteiger partial charge in [-0.15, -0.1) is 0 Å². The van der Waals surface area contributed by atoms with Gasteiger partial charge in [0.1, 0.15) is 19.0 Å². The average molecular weight is 379 g/mol. The number of fused-ring (bicyclic) bond motifs is 1. The molecule has 1 aliphatic heterocycles. The Kier molecular flexibility index (Phi) is 5.36. The minimum absolute atomic E-state index is 0.0853. The number of rotatable bonds is 6. The molecule has 140 valence electrons. The fourth-order valence-electron chi connectivity index (χ4n) is 2.66. The van der Waals surface area contributed by atoms with Crippen LogP contribution in [0.4, 0.5) is 0 Å². The van der Waals surface area contributed by atoms with E-state index >= 15 is 0 Å². The summed E-state index contributed by atoms with van der Waals surface area (Å²) >= 11 is 0. The van der Waals surface area contributed by atoms with Crippen molar-refractivity contribution >= 4 is 10.0 Å². The van der Waals surface area contributed by atoms with Crippen molar-refractivity contribution in [3.05, 3.63) is 48.0 Å². The Balaban J connectivity index is 1.78. The molecule has 0 bridgehead atoms. The zero-order chi connectivity index (χ0) is 18.7. The maximum Gasteiger partial charge on any atom is 0.243 e. The van der Waals surface area contributed by atoms with Gasteiger partial charge in [0.2, 0.25) is 10.0 Å². The molecule has 0 saturated heterocycles. The van der Waals surface area contributed by atoms with E-state index in [0.29, 0.717) is 36.0 Å². The van der Waals surface area contributed by atoms with Gasteiger partial charge < -0.3 is 19.3 Å². The van der Waals surface area contributed by atoms with Crippen LogP contribution in [-0.4, -0.2) is 51.7 Å². The molecule has 0 saturated carbocycles. The van der Waals surface area contributed by atoms with Gasteiger partial charge in [0.15, 0.2) is 11.5 Å². The first kappa shape index (κ1) is 18.5. The summed E-state index contributed by atoms with van der Waals surface area (Å²) in [5.41, 5.74) is 0.577. The molecule has 0 aliphatic carbocycles. The molecule has 0 aromatic heterocycles. The van der Waals surface area contributed by atoms with E-state index in [4.69, 9.17) is 14.2 Å². The SMILES string of the molecule is COc1cccc(C(O)CN(C)S(=O)(=O)c2ccc3c(c2)OCCO3)c1. The molecule has 1 unspecified atom stereocenters. The van der Waals surface area contributed by atoms with Gasteiger partial charge in [-0.05, 0) is 29.8 Å². The summed E-state index contributed by atoms with van der Waals surface area (Å²) < 4.78 is 42.7. The highest BCUT2D eigenvalue weighted by Crippen LogP contribution is 2.33. The molecular weight excluding hydrogens is 358 g/mol. The fourth-order valence-corrected chi connectivity index (χ4v) is 3.85. The van der Waals surface area contributed by atoms with Gasteiger partial charge in [-0.2, -0.15) is 4.31 Å². The van der Waals surface area contributed by atoms with Crippen molar-refractivity contribution in [2.24, 2.45) is 0 Å². The second kappa shape index (κ2) is 7.53. The minimum atomic E-state index is -3.78. The lowest BCUT2D eigenvalue weighted by molar-refractivity contribution is 0.154. The molecule has 1 atom stereocenters. The third-order valence-electron chi connectivity index (χ3n) is 4.13. The molecule has 8 heteroatoms. The second-order valence-electron chi connectivity index (χ2n) is 5.88. The third kappa shape index (κ3) is 3.77. The van der Waals surface area contributed by atoms with E-state index in [-0.39, 0.29) is 11.4 Å². The second-order valence-corrected chi connectivity index (χ2v) is 7.93. The van der Waals surface area contributed by atoms with Crippen molar-refractivity contribution in [1.29, 1.82) is 0 Å². The molecule has 1 N–H and O–H groups in total. The number of methoxy groups -OCH3 is 1. The molecule has 1 aliphatic rings. The number of ether oxygens (including phenoxy) is 3. The van der Waals surface area contributed by atoms with Crippen LogP contribution in [0.15, 0.2) is 47.4 Å². The number of hydrogen-bond donors (Lipinski definition) is 1. The van der Waals surface area contributed by atoms with Crippen molar-refractivity contribution in [3.8, 4) is 17.2 Å². The van der Waals surface area contributed by atoms with Crippen LogP contribution in [0.1, 0.15) is 11.7 Å². The van der Waals surface area contributed by atoms with Gasteiger partial charge >= 0.3 is 0 Å². The Morgan fingerprint density at radius 1 is 1.15 bits per heavy atom. The van der Waals surface area contributed by atoms with Crippen molar-refractivity contribution < 1.29 is 27.7 Å². The first-order valence-electron chi connectivity index (χ1n) is 8.10. The van der Waals surface area contributed by atoms with Crippen molar-refractivity contribution in [2.45, 2.75) is 11.0 Å². The lowest BCUT2D eigenvalue weighted by Gasteiger charge is -2.23. The summed E-state index contributed by atoms with van der Waals surface area (Å²) in [4.78, 5) is 0.0853. The number of aliphatic hydroxyl groups excluding tert-OH is 1. The largest absolute Gasteiger partial charge is 0.497 e.